The largest absolute Gasteiger partial charge is 0.416 e. The summed E-state index contributed by atoms with van der Waals surface area (Å²) in [6.45, 7) is 2.22. The molecule has 7 nitrogen and oxygen atoms in total. The summed E-state index contributed by atoms with van der Waals surface area (Å²) in [6.07, 6.45) is 3.12. The minimum absolute atomic E-state index is 0.0202. The zero-order valence-electron chi connectivity index (χ0n) is 23.0. The molecule has 1 atom stereocenters. The van der Waals surface area contributed by atoms with Crippen molar-refractivity contribution in [1.29, 1.82) is 0 Å². The van der Waals surface area contributed by atoms with Gasteiger partial charge in [0.1, 0.15) is 6.33 Å². The molecule has 1 aromatic heterocycles. The Balaban J connectivity index is 1.37. The Labute approximate surface area is 231 Å². The summed E-state index contributed by atoms with van der Waals surface area (Å²) >= 11 is 0. The number of alkyl halides is 3. The fourth-order valence-electron chi connectivity index (χ4n) is 6.49. The minimum atomic E-state index is -4.57. The van der Waals surface area contributed by atoms with Crippen molar-refractivity contribution in [2.45, 2.75) is 75.9 Å². The van der Waals surface area contributed by atoms with E-state index in [9.17, 15) is 18.0 Å². The van der Waals surface area contributed by atoms with E-state index in [2.05, 4.69) is 22.4 Å². The maximum atomic E-state index is 14.2. The Hall–Kier alpha value is -3.24. The smallest absolute Gasteiger partial charge is 0.365 e. The highest BCUT2D eigenvalue weighted by Crippen LogP contribution is 2.49. The van der Waals surface area contributed by atoms with Crippen molar-refractivity contribution in [1.82, 2.24) is 20.1 Å². The Kier molecular flexibility index (Phi) is 6.53. The highest BCUT2D eigenvalue weighted by molar-refractivity contribution is 6.10. The lowest BCUT2D eigenvalue weighted by atomic mass is 9.69. The zero-order valence-corrected chi connectivity index (χ0v) is 23.0. The number of rotatable bonds is 8. The molecule has 0 radical (unpaired) electrons. The first-order valence-electron chi connectivity index (χ1n) is 13.9. The van der Waals surface area contributed by atoms with Crippen molar-refractivity contribution >= 4 is 11.6 Å². The molecule has 1 aliphatic heterocycles. The van der Waals surface area contributed by atoms with Gasteiger partial charge in [0.25, 0.3) is 5.91 Å². The van der Waals surface area contributed by atoms with Crippen LogP contribution in [0.25, 0.3) is 0 Å². The number of benzene rings is 2. The van der Waals surface area contributed by atoms with Crippen LogP contribution in [0.15, 0.2) is 42.7 Å². The quantitative estimate of drug-likeness (QED) is 0.387. The van der Waals surface area contributed by atoms with Crippen molar-refractivity contribution in [2.24, 2.45) is 13.0 Å². The molecule has 2 aromatic carbocycles. The fourth-order valence-corrected chi connectivity index (χ4v) is 6.49. The molecule has 0 spiro atoms. The van der Waals surface area contributed by atoms with E-state index in [0.717, 1.165) is 44.1 Å². The molecular formula is C30H34F3N5O2. The van der Waals surface area contributed by atoms with Gasteiger partial charge >= 0.3 is 6.18 Å². The van der Waals surface area contributed by atoms with Crippen LogP contribution in [-0.2, 0) is 36.7 Å². The molecule has 40 heavy (non-hydrogen) atoms. The van der Waals surface area contributed by atoms with Gasteiger partial charge in [-0.05, 0) is 85.9 Å². The van der Waals surface area contributed by atoms with E-state index < -0.39 is 23.2 Å². The first kappa shape index (κ1) is 27.0. The van der Waals surface area contributed by atoms with E-state index >= 15 is 0 Å². The molecule has 0 bridgehead atoms. The summed E-state index contributed by atoms with van der Waals surface area (Å²) in [5.41, 5.74) is 0.227. The molecule has 3 aromatic rings. The number of aromatic nitrogens is 3. The van der Waals surface area contributed by atoms with Gasteiger partial charge in [-0.15, -0.1) is 10.2 Å². The number of methoxy groups -OCH3 is 1. The van der Waals surface area contributed by atoms with Crippen molar-refractivity contribution < 1.29 is 22.7 Å². The Morgan fingerprint density at radius 2 is 1.93 bits per heavy atom. The van der Waals surface area contributed by atoms with Gasteiger partial charge in [0.2, 0.25) is 0 Å². The van der Waals surface area contributed by atoms with E-state index in [-0.39, 0.29) is 35.7 Å². The topological polar surface area (TPSA) is 72.3 Å². The van der Waals surface area contributed by atoms with Gasteiger partial charge in [0.15, 0.2) is 11.4 Å². The predicted molar refractivity (Wildman–Crippen MR) is 144 cm³/mol. The van der Waals surface area contributed by atoms with Crippen LogP contribution in [0.5, 0.6) is 0 Å². The molecular weight excluding hydrogens is 519 g/mol. The normalized spacial score (nSPS) is 20.1. The standard InChI is InChI=1S/C30H34F3N5O2/c1-28(11-6-12-28)34-16-19-13-23-24(25(14-19)30(31,32)33)17-38(26(23)39)22-10-5-9-21(15-22)29(40-3,20-7-4-8-20)27-36-35-18-37(27)2/h5,9-10,13-15,18,20,34H,4,6-8,11-12,16-17H2,1-3H3. The highest BCUT2D eigenvalue weighted by atomic mass is 19.4. The molecule has 2 aliphatic carbocycles. The second-order valence-electron chi connectivity index (χ2n) is 11.7. The van der Waals surface area contributed by atoms with Gasteiger partial charge in [0, 0.05) is 37.5 Å². The fraction of sp³-hybridized carbons (Fsp3) is 0.500. The minimum Gasteiger partial charge on any atom is -0.365 e. The van der Waals surface area contributed by atoms with Crippen LogP contribution in [-0.4, -0.2) is 33.3 Å². The molecule has 2 saturated carbocycles. The van der Waals surface area contributed by atoms with Crippen LogP contribution in [0.2, 0.25) is 0 Å². The second-order valence-corrected chi connectivity index (χ2v) is 11.7. The number of amides is 1. The average molecular weight is 554 g/mol. The number of nitrogens with one attached hydrogen (secondary N) is 1. The number of halogens is 3. The monoisotopic (exact) mass is 553 g/mol. The third-order valence-corrected chi connectivity index (χ3v) is 9.22. The van der Waals surface area contributed by atoms with Crippen LogP contribution in [0.4, 0.5) is 18.9 Å². The Morgan fingerprint density at radius 1 is 1.15 bits per heavy atom. The second kappa shape index (κ2) is 9.69. The molecule has 0 saturated heterocycles. The van der Waals surface area contributed by atoms with Crippen LogP contribution >= 0.6 is 0 Å². The summed E-state index contributed by atoms with van der Waals surface area (Å²) in [5.74, 6) is 0.385. The number of nitrogens with zero attached hydrogens (tertiary/aromatic N) is 4. The summed E-state index contributed by atoms with van der Waals surface area (Å²) in [4.78, 5) is 15.1. The predicted octanol–water partition coefficient (Wildman–Crippen LogP) is 5.72. The zero-order chi connectivity index (χ0) is 28.3. The molecule has 10 heteroatoms. The maximum Gasteiger partial charge on any atom is 0.416 e. The van der Waals surface area contributed by atoms with E-state index in [1.54, 1.807) is 25.6 Å². The van der Waals surface area contributed by atoms with Gasteiger partial charge in [-0.2, -0.15) is 13.2 Å². The lowest BCUT2D eigenvalue weighted by molar-refractivity contribution is -0.138. The first-order chi connectivity index (χ1) is 19.1. The lowest BCUT2D eigenvalue weighted by Crippen LogP contribution is -2.47. The van der Waals surface area contributed by atoms with Crippen molar-refractivity contribution in [3.63, 3.8) is 0 Å². The van der Waals surface area contributed by atoms with Crippen LogP contribution in [0.1, 0.15) is 83.9 Å². The van der Waals surface area contributed by atoms with E-state index in [1.807, 2.05) is 29.8 Å². The van der Waals surface area contributed by atoms with Gasteiger partial charge in [-0.25, -0.2) is 0 Å². The molecule has 3 aliphatic rings. The Bertz CT molecular complexity index is 1440. The number of carbonyl (C=O) groups excluding carboxylic acids is 1. The number of carbonyl (C=O) groups is 1. The summed E-state index contributed by atoms with van der Waals surface area (Å²) in [7, 11) is 3.51. The van der Waals surface area contributed by atoms with Gasteiger partial charge in [-0.3, -0.25) is 4.79 Å². The Morgan fingerprint density at radius 3 is 2.50 bits per heavy atom. The van der Waals surface area contributed by atoms with Gasteiger partial charge in [-0.1, -0.05) is 18.6 Å². The van der Waals surface area contributed by atoms with Crippen LogP contribution in [0, 0.1) is 5.92 Å². The highest BCUT2D eigenvalue weighted by Gasteiger charge is 2.49. The van der Waals surface area contributed by atoms with Crippen LogP contribution in [0.3, 0.4) is 0 Å². The molecule has 6 rings (SSSR count). The number of hydrogen-bond acceptors (Lipinski definition) is 5. The number of anilines is 1. The van der Waals surface area contributed by atoms with Crippen molar-refractivity contribution in [3.05, 3.63) is 76.4 Å². The maximum absolute atomic E-state index is 14.2. The molecule has 1 unspecified atom stereocenters. The molecule has 2 fully saturated rings. The summed E-state index contributed by atoms with van der Waals surface area (Å²) in [5, 5.41) is 11.9. The third-order valence-electron chi connectivity index (χ3n) is 9.22. The molecule has 1 amide bonds. The van der Waals surface area contributed by atoms with Crippen molar-refractivity contribution in [3.8, 4) is 0 Å². The van der Waals surface area contributed by atoms with Gasteiger partial charge in [0.05, 0.1) is 12.1 Å². The van der Waals surface area contributed by atoms with Crippen molar-refractivity contribution in [2.75, 3.05) is 12.0 Å². The molecule has 212 valence electrons. The first-order valence-corrected chi connectivity index (χ1v) is 13.9. The number of aryl methyl sites for hydroxylation is 1. The summed E-state index contributed by atoms with van der Waals surface area (Å²) < 4.78 is 50.8. The molecule has 2 heterocycles. The van der Waals surface area contributed by atoms with E-state index in [1.165, 1.54) is 11.0 Å². The average Bonchev–Trinajstić information content (AvgIpc) is 3.46. The van der Waals surface area contributed by atoms with E-state index in [0.29, 0.717) is 17.1 Å². The van der Waals surface area contributed by atoms with E-state index in [4.69, 9.17) is 4.74 Å². The number of hydrogen-bond donors (Lipinski definition) is 1. The summed E-state index contributed by atoms with van der Waals surface area (Å²) in [6, 6.07) is 10.2. The molecule has 1 N–H and O–H groups in total. The number of ether oxygens (including phenoxy) is 1. The lowest BCUT2D eigenvalue weighted by Gasteiger charge is -2.44. The SMILES string of the molecule is COC(c1cccc(N2Cc3c(cc(CNC4(C)CCC4)cc3C(F)(F)F)C2=O)c1)(c1nncn1C)C1CCC1. The third kappa shape index (κ3) is 4.32. The van der Waals surface area contributed by atoms with Crippen LogP contribution < -0.4 is 10.2 Å². The van der Waals surface area contributed by atoms with Gasteiger partial charge < -0.3 is 19.5 Å². The number of fused-ring (bicyclic) bond motifs is 1.